The number of pyridine rings is 1. The molecule has 0 aliphatic heterocycles. The number of para-hydroxylation sites is 1. The normalized spacial score (nSPS) is 11.4. The summed E-state index contributed by atoms with van der Waals surface area (Å²) in [6.07, 6.45) is 7.19. The van der Waals surface area contributed by atoms with Crippen LogP contribution in [0, 0.1) is 5.41 Å². The standard InChI is InChI=1S/C34H23N3.C2H6/c1-2-3-19-31(35)37-30-18-9-8-16-26(30)33-32-24-14-6-4-12-22(24)27(29-17-10-11-20-36-29)21-28(32)23-13-5-7-15-25(23)34(33)37;1-2/h2-21,35H,1H2;1-2H3/b19-3-,35-31?;. The van der Waals surface area contributed by atoms with Gasteiger partial charge in [-0.25, -0.2) is 0 Å². The van der Waals surface area contributed by atoms with Gasteiger partial charge in [-0.2, -0.15) is 0 Å². The van der Waals surface area contributed by atoms with E-state index in [1.54, 1.807) is 12.2 Å². The lowest BCUT2D eigenvalue weighted by atomic mass is 9.89. The molecule has 0 bridgehead atoms. The molecule has 2 heterocycles. The van der Waals surface area contributed by atoms with E-state index in [2.05, 4.69) is 90.0 Å². The van der Waals surface area contributed by atoms with E-state index in [9.17, 15) is 0 Å². The fourth-order valence-corrected chi connectivity index (χ4v) is 5.75. The average Bonchev–Trinajstić information content (AvgIpc) is 3.36. The molecule has 1 N–H and O–H groups in total. The maximum atomic E-state index is 9.03. The van der Waals surface area contributed by atoms with E-state index in [1.165, 1.54) is 26.9 Å². The molecule has 0 unspecified atom stereocenters. The summed E-state index contributed by atoms with van der Waals surface area (Å²) in [6.45, 7) is 7.80. The van der Waals surface area contributed by atoms with Gasteiger partial charge in [0.2, 0.25) is 0 Å². The Morgan fingerprint density at radius 2 is 1.36 bits per heavy atom. The summed E-state index contributed by atoms with van der Waals surface area (Å²) in [7, 11) is 0. The third-order valence-electron chi connectivity index (χ3n) is 7.21. The Morgan fingerprint density at radius 1 is 0.718 bits per heavy atom. The lowest BCUT2D eigenvalue weighted by molar-refractivity contribution is 1.25. The maximum Gasteiger partial charge on any atom is 0.129 e. The number of allylic oxidation sites excluding steroid dienone is 3. The van der Waals surface area contributed by atoms with Gasteiger partial charge in [0.25, 0.3) is 0 Å². The van der Waals surface area contributed by atoms with Crippen LogP contribution >= 0.6 is 0 Å². The Morgan fingerprint density at radius 3 is 2.08 bits per heavy atom. The predicted molar refractivity (Wildman–Crippen MR) is 169 cm³/mol. The number of hydrogen-bond acceptors (Lipinski definition) is 2. The van der Waals surface area contributed by atoms with Crippen molar-refractivity contribution < 1.29 is 0 Å². The van der Waals surface area contributed by atoms with E-state index in [-0.39, 0.29) is 0 Å². The highest BCUT2D eigenvalue weighted by Gasteiger charge is 2.21. The van der Waals surface area contributed by atoms with E-state index in [1.807, 2.05) is 44.3 Å². The number of nitrogens with one attached hydrogen (secondary N) is 1. The van der Waals surface area contributed by atoms with Crippen LogP contribution in [-0.4, -0.2) is 15.4 Å². The highest BCUT2D eigenvalue weighted by Crippen LogP contribution is 2.45. The largest absolute Gasteiger partial charge is 0.294 e. The van der Waals surface area contributed by atoms with Crippen molar-refractivity contribution in [2.45, 2.75) is 13.8 Å². The molecular weight excluding hydrogens is 474 g/mol. The molecule has 3 heteroatoms. The number of fused-ring (bicyclic) bond motifs is 10. The molecule has 0 spiro atoms. The van der Waals surface area contributed by atoms with Gasteiger partial charge in [0, 0.05) is 33.3 Å². The molecule has 0 atom stereocenters. The van der Waals surface area contributed by atoms with Gasteiger partial charge in [-0.05, 0) is 51.9 Å². The summed E-state index contributed by atoms with van der Waals surface area (Å²) in [5.41, 5.74) is 4.16. The van der Waals surface area contributed by atoms with Crippen molar-refractivity contribution in [3.05, 3.63) is 128 Å². The van der Waals surface area contributed by atoms with Crippen molar-refractivity contribution in [2.75, 3.05) is 0 Å². The average molecular weight is 504 g/mol. The van der Waals surface area contributed by atoms with Gasteiger partial charge < -0.3 is 0 Å². The minimum atomic E-state index is 0.407. The number of nitrogens with zero attached hydrogens (tertiary/aromatic N) is 2. The number of rotatable bonds is 3. The first-order chi connectivity index (χ1) is 19.3. The van der Waals surface area contributed by atoms with Crippen LogP contribution < -0.4 is 0 Å². The van der Waals surface area contributed by atoms with Crippen molar-refractivity contribution in [1.29, 1.82) is 5.41 Å². The third-order valence-corrected chi connectivity index (χ3v) is 7.21. The first-order valence-electron chi connectivity index (χ1n) is 13.4. The van der Waals surface area contributed by atoms with E-state index >= 15 is 0 Å². The van der Waals surface area contributed by atoms with Gasteiger partial charge in [-0.3, -0.25) is 15.0 Å². The lowest BCUT2D eigenvalue weighted by Crippen LogP contribution is -2.07. The van der Waals surface area contributed by atoms with E-state index in [0.29, 0.717) is 5.84 Å². The summed E-state index contributed by atoms with van der Waals surface area (Å²) in [6, 6.07) is 33.9. The second kappa shape index (κ2) is 10.0. The zero-order chi connectivity index (χ0) is 26.9. The van der Waals surface area contributed by atoms with Gasteiger partial charge in [0.15, 0.2) is 0 Å². The smallest absolute Gasteiger partial charge is 0.129 e. The van der Waals surface area contributed by atoms with Crippen molar-refractivity contribution in [2.24, 2.45) is 0 Å². The number of hydrogen-bond donors (Lipinski definition) is 1. The second-order valence-electron chi connectivity index (χ2n) is 9.21. The fourth-order valence-electron chi connectivity index (χ4n) is 5.75. The van der Waals surface area contributed by atoms with E-state index < -0.39 is 0 Å². The summed E-state index contributed by atoms with van der Waals surface area (Å²) < 4.78 is 2.08. The Bertz CT molecular complexity index is 2060. The second-order valence-corrected chi connectivity index (χ2v) is 9.21. The molecular formula is C36H29N3. The van der Waals surface area contributed by atoms with Gasteiger partial charge >= 0.3 is 0 Å². The maximum absolute atomic E-state index is 9.03. The van der Waals surface area contributed by atoms with Crippen LogP contribution in [0.1, 0.15) is 13.8 Å². The summed E-state index contributed by atoms with van der Waals surface area (Å²) in [5.74, 6) is 0.407. The molecule has 7 rings (SSSR count). The summed E-state index contributed by atoms with van der Waals surface area (Å²) >= 11 is 0. The SMILES string of the molecule is C=C/C=C\C(=N)n1c2ccccc2c2c3c4ccccc4c(-c4ccccn4)cc3c3ccccc3c21.CC. The molecule has 0 saturated heterocycles. The highest BCUT2D eigenvalue weighted by molar-refractivity contribution is 6.39. The minimum absolute atomic E-state index is 0.407. The van der Waals surface area contributed by atoms with Gasteiger partial charge in [0.1, 0.15) is 5.84 Å². The van der Waals surface area contributed by atoms with Crippen LogP contribution in [0.15, 0.2) is 128 Å². The number of benzene rings is 5. The van der Waals surface area contributed by atoms with Crippen molar-refractivity contribution in [3.8, 4) is 11.3 Å². The molecule has 0 saturated carbocycles. The summed E-state index contributed by atoms with van der Waals surface area (Å²) in [5, 5.41) is 18.4. The Labute approximate surface area is 227 Å². The van der Waals surface area contributed by atoms with Crippen LogP contribution in [0.3, 0.4) is 0 Å². The third kappa shape index (κ3) is 3.74. The monoisotopic (exact) mass is 503 g/mol. The molecule has 0 fully saturated rings. The fraction of sp³-hybridized carbons (Fsp3) is 0.0556. The Kier molecular flexibility index (Phi) is 6.26. The summed E-state index contributed by atoms with van der Waals surface area (Å²) in [4.78, 5) is 4.71. The van der Waals surface area contributed by atoms with Crippen LogP contribution in [-0.2, 0) is 0 Å². The predicted octanol–water partition coefficient (Wildman–Crippen LogP) is 9.91. The zero-order valence-corrected chi connectivity index (χ0v) is 22.1. The molecule has 3 nitrogen and oxygen atoms in total. The molecule has 2 aromatic heterocycles. The van der Waals surface area contributed by atoms with Crippen molar-refractivity contribution >= 4 is 60.0 Å². The lowest BCUT2D eigenvalue weighted by Gasteiger charge is -2.15. The molecule has 7 aromatic rings. The molecule has 0 aliphatic rings. The van der Waals surface area contributed by atoms with Crippen molar-refractivity contribution in [3.63, 3.8) is 0 Å². The van der Waals surface area contributed by atoms with Crippen LogP contribution in [0.5, 0.6) is 0 Å². The van der Waals surface area contributed by atoms with E-state index in [0.717, 1.165) is 38.4 Å². The van der Waals surface area contributed by atoms with Crippen LogP contribution in [0.2, 0.25) is 0 Å². The molecule has 0 amide bonds. The van der Waals surface area contributed by atoms with Crippen LogP contribution in [0.25, 0.3) is 65.4 Å². The van der Waals surface area contributed by atoms with E-state index in [4.69, 9.17) is 10.4 Å². The van der Waals surface area contributed by atoms with Gasteiger partial charge in [-0.15, -0.1) is 0 Å². The first kappa shape index (κ1) is 24.3. The Balaban J connectivity index is 0.00000135. The minimum Gasteiger partial charge on any atom is -0.294 e. The first-order valence-corrected chi connectivity index (χ1v) is 13.4. The molecule has 0 radical (unpaired) electrons. The molecule has 5 aromatic carbocycles. The van der Waals surface area contributed by atoms with Gasteiger partial charge in [0.05, 0.1) is 16.7 Å². The quantitative estimate of drug-likeness (QED) is 0.111. The van der Waals surface area contributed by atoms with Crippen molar-refractivity contribution in [1.82, 2.24) is 9.55 Å². The topological polar surface area (TPSA) is 41.7 Å². The Hall–Kier alpha value is -5.02. The van der Waals surface area contributed by atoms with Gasteiger partial charge in [-0.1, -0.05) is 105 Å². The number of aromatic nitrogens is 2. The molecule has 39 heavy (non-hydrogen) atoms. The van der Waals surface area contributed by atoms with Crippen LogP contribution in [0.4, 0.5) is 0 Å². The molecule has 188 valence electrons. The molecule has 0 aliphatic carbocycles. The highest BCUT2D eigenvalue weighted by atomic mass is 15.0. The zero-order valence-electron chi connectivity index (χ0n) is 22.1.